The van der Waals surface area contributed by atoms with Crippen LogP contribution in [0.4, 0.5) is 0 Å². The zero-order valence-corrected chi connectivity index (χ0v) is 9.34. The van der Waals surface area contributed by atoms with Crippen molar-refractivity contribution in [2.24, 2.45) is 0 Å². The van der Waals surface area contributed by atoms with Gasteiger partial charge < -0.3 is 14.6 Å². The Morgan fingerprint density at radius 1 is 1.08 bits per heavy atom. The summed E-state index contributed by atoms with van der Waals surface area (Å²) in [7, 11) is 6.25. The molecule has 0 atom stereocenters. The maximum Gasteiger partial charge on any atom is 0.129 e. The van der Waals surface area contributed by atoms with Crippen LogP contribution in [-0.4, -0.2) is 56.4 Å². The number of carbonyl (C=O) groups excluding carboxylic acids is 1. The topological polar surface area (TPSA) is 23.6 Å². The molecule has 3 nitrogen and oxygen atoms in total. The van der Waals surface area contributed by atoms with E-state index in [0.717, 1.165) is 26.1 Å². The second-order valence-electron chi connectivity index (χ2n) is 3.91. The van der Waals surface area contributed by atoms with E-state index in [1.807, 2.05) is 0 Å². The molecule has 0 bridgehead atoms. The van der Waals surface area contributed by atoms with Crippen molar-refractivity contribution in [2.75, 3.05) is 40.8 Å². The lowest BCUT2D eigenvalue weighted by Crippen LogP contribution is -2.29. The first-order valence-corrected chi connectivity index (χ1v) is 4.85. The average molecular weight is 186 g/mol. The number of Topliss-reactive ketones (excluding diaryl/α,β-unsaturated/α-hetero) is 1. The molecule has 0 aliphatic carbocycles. The number of rotatable bonds is 7. The van der Waals surface area contributed by atoms with Crippen LogP contribution < -0.4 is 0 Å². The smallest absolute Gasteiger partial charge is 0.129 e. The van der Waals surface area contributed by atoms with E-state index in [0.29, 0.717) is 12.2 Å². The normalized spacial score (nSPS) is 11.2. The molecule has 0 amide bonds. The highest BCUT2D eigenvalue weighted by Gasteiger charge is 1.99. The van der Waals surface area contributed by atoms with Gasteiger partial charge in [-0.05, 0) is 41.0 Å². The van der Waals surface area contributed by atoms with Gasteiger partial charge in [-0.2, -0.15) is 0 Å². The van der Waals surface area contributed by atoms with Gasteiger partial charge in [0.25, 0.3) is 0 Å². The Kier molecular flexibility index (Phi) is 6.82. The Balaban J connectivity index is 3.29. The molecule has 13 heavy (non-hydrogen) atoms. The van der Waals surface area contributed by atoms with Crippen LogP contribution in [0.3, 0.4) is 0 Å². The van der Waals surface area contributed by atoms with E-state index in [9.17, 15) is 4.79 Å². The predicted molar refractivity (Wildman–Crippen MR) is 56.0 cm³/mol. The van der Waals surface area contributed by atoms with Gasteiger partial charge in [-0.25, -0.2) is 0 Å². The Morgan fingerprint density at radius 3 is 2.15 bits per heavy atom. The molecule has 0 aromatic rings. The molecular weight excluding hydrogens is 164 g/mol. The molecule has 0 spiro atoms. The van der Waals surface area contributed by atoms with Crippen molar-refractivity contribution in [1.29, 1.82) is 0 Å². The van der Waals surface area contributed by atoms with Gasteiger partial charge >= 0.3 is 0 Å². The Morgan fingerprint density at radius 2 is 1.69 bits per heavy atom. The van der Waals surface area contributed by atoms with E-state index in [1.165, 1.54) is 0 Å². The molecule has 3 heteroatoms. The van der Waals surface area contributed by atoms with Crippen LogP contribution in [0, 0.1) is 0 Å². The largest absolute Gasteiger partial charge is 0.308 e. The molecule has 0 aromatic heterocycles. The zero-order valence-electron chi connectivity index (χ0n) is 9.34. The molecule has 78 valence electrons. The highest BCUT2D eigenvalue weighted by Crippen LogP contribution is 1.93. The highest BCUT2D eigenvalue weighted by atomic mass is 16.1. The molecule has 0 aromatic carbocycles. The molecular formula is C10H22N2O. The fourth-order valence-electron chi connectivity index (χ4n) is 1.08. The van der Waals surface area contributed by atoms with Crippen molar-refractivity contribution in [2.45, 2.75) is 19.8 Å². The van der Waals surface area contributed by atoms with Gasteiger partial charge in [0.05, 0.1) is 0 Å². The Hall–Kier alpha value is -0.410. The summed E-state index contributed by atoms with van der Waals surface area (Å²) in [5.74, 6) is 0.293. The summed E-state index contributed by atoms with van der Waals surface area (Å²) >= 11 is 0. The maximum absolute atomic E-state index is 10.7. The van der Waals surface area contributed by atoms with Crippen LogP contribution in [0.2, 0.25) is 0 Å². The molecule has 0 aliphatic heterocycles. The van der Waals surface area contributed by atoms with Crippen LogP contribution in [0.5, 0.6) is 0 Å². The summed E-state index contributed by atoms with van der Waals surface area (Å²) < 4.78 is 0. The molecule has 0 radical (unpaired) electrons. The van der Waals surface area contributed by atoms with Gasteiger partial charge in [0, 0.05) is 19.5 Å². The van der Waals surface area contributed by atoms with Crippen molar-refractivity contribution in [3.63, 3.8) is 0 Å². The second kappa shape index (κ2) is 7.04. The highest BCUT2D eigenvalue weighted by molar-refractivity contribution is 5.75. The minimum atomic E-state index is 0.293. The van der Waals surface area contributed by atoms with Crippen LogP contribution in [0.15, 0.2) is 0 Å². The van der Waals surface area contributed by atoms with Crippen molar-refractivity contribution >= 4 is 5.78 Å². The molecule has 0 saturated heterocycles. The van der Waals surface area contributed by atoms with E-state index in [2.05, 4.69) is 30.9 Å². The molecule has 0 aliphatic rings. The summed E-state index contributed by atoms with van der Waals surface area (Å²) in [4.78, 5) is 15.1. The fraction of sp³-hybridized carbons (Fsp3) is 0.900. The molecule has 0 N–H and O–H groups in total. The molecule has 0 rings (SSSR count). The minimum Gasteiger partial charge on any atom is -0.308 e. The van der Waals surface area contributed by atoms with Gasteiger partial charge in [-0.3, -0.25) is 0 Å². The van der Waals surface area contributed by atoms with Crippen LogP contribution in [0.1, 0.15) is 19.8 Å². The van der Waals surface area contributed by atoms with E-state index >= 15 is 0 Å². The van der Waals surface area contributed by atoms with Crippen LogP contribution in [-0.2, 0) is 4.79 Å². The quantitative estimate of drug-likeness (QED) is 0.589. The van der Waals surface area contributed by atoms with Gasteiger partial charge in [-0.1, -0.05) is 0 Å². The van der Waals surface area contributed by atoms with Crippen molar-refractivity contribution in [1.82, 2.24) is 9.80 Å². The number of hydrogen-bond acceptors (Lipinski definition) is 3. The second-order valence-corrected chi connectivity index (χ2v) is 3.91. The number of carbonyl (C=O) groups is 1. The first kappa shape index (κ1) is 12.6. The lowest BCUT2D eigenvalue weighted by atomic mass is 10.2. The molecule has 0 unspecified atom stereocenters. The first-order chi connectivity index (χ1) is 6.02. The van der Waals surface area contributed by atoms with E-state index in [4.69, 9.17) is 0 Å². The van der Waals surface area contributed by atoms with Gasteiger partial charge in [0.1, 0.15) is 5.78 Å². The molecule has 0 saturated carbocycles. The summed E-state index contributed by atoms with van der Waals surface area (Å²) in [5.41, 5.74) is 0. The van der Waals surface area contributed by atoms with Crippen molar-refractivity contribution in [3.05, 3.63) is 0 Å². The number of nitrogens with zero attached hydrogens (tertiary/aromatic N) is 2. The van der Waals surface area contributed by atoms with Crippen molar-refractivity contribution in [3.8, 4) is 0 Å². The number of likely N-dealkylation sites (N-methyl/N-ethyl adjacent to an activating group) is 2. The molecule has 0 heterocycles. The lowest BCUT2D eigenvalue weighted by Gasteiger charge is -2.18. The zero-order chi connectivity index (χ0) is 10.3. The molecule has 0 fully saturated rings. The summed E-state index contributed by atoms with van der Waals surface area (Å²) in [6.07, 6.45) is 1.70. The summed E-state index contributed by atoms with van der Waals surface area (Å²) in [6, 6.07) is 0. The van der Waals surface area contributed by atoms with E-state index < -0.39 is 0 Å². The first-order valence-electron chi connectivity index (χ1n) is 4.85. The van der Waals surface area contributed by atoms with Crippen molar-refractivity contribution < 1.29 is 4.79 Å². The third-order valence-corrected chi connectivity index (χ3v) is 2.00. The number of ketones is 1. The van der Waals surface area contributed by atoms with Gasteiger partial charge in [0.15, 0.2) is 0 Å². The summed E-state index contributed by atoms with van der Waals surface area (Å²) in [5, 5.41) is 0. The SMILES string of the molecule is CC(=O)CCCN(C)CCN(C)C. The standard InChI is InChI=1S/C10H22N2O/c1-10(13)6-5-7-12(4)9-8-11(2)3/h5-9H2,1-4H3. The van der Waals surface area contributed by atoms with Crippen LogP contribution in [0.25, 0.3) is 0 Å². The maximum atomic E-state index is 10.7. The minimum absolute atomic E-state index is 0.293. The van der Waals surface area contributed by atoms with Gasteiger partial charge in [0.2, 0.25) is 0 Å². The van der Waals surface area contributed by atoms with E-state index in [-0.39, 0.29) is 0 Å². The monoisotopic (exact) mass is 186 g/mol. The Bertz CT molecular complexity index is 146. The fourth-order valence-corrected chi connectivity index (χ4v) is 1.08. The third kappa shape index (κ3) is 9.50. The lowest BCUT2D eigenvalue weighted by molar-refractivity contribution is -0.117. The Labute approximate surface area is 81.7 Å². The van der Waals surface area contributed by atoms with E-state index in [1.54, 1.807) is 6.92 Å². The number of hydrogen-bond donors (Lipinski definition) is 0. The average Bonchev–Trinajstić information content (AvgIpc) is 2.00. The summed E-state index contributed by atoms with van der Waals surface area (Å²) in [6.45, 7) is 4.83. The van der Waals surface area contributed by atoms with Crippen LogP contribution >= 0.6 is 0 Å². The van der Waals surface area contributed by atoms with Gasteiger partial charge in [-0.15, -0.1) is 0 Å². The third-order valence-electron chi connectivity index (χ3n) is 2.00. The predicted octanol–water partition coefficient (Wildman–Crippen LogP) is 0.849.